The lowest BCUT2D eigenvalue weighted by atomic mass is 9.86. The molecule has 0 aliphatic rings. The maximum absolute atomic E-state index is 7.01. The Balaban J connectivity index is 1.78. The Labute approximate surface area is 206 Å². The maximum atomic E-state index is 7.01. The first kappa shape index (κ1) is 27.4. The molecule has 0 amide bonds. The van der Waals surface area contributed by atoms with E-state index >= 15 is 0 Å². The van der Waals surface area contributed by atoms with Crippen LogP contribution >= 0.6 is 0 Å². The first-order chi connectivity index (χ1) is 16.0. The van der Waals surface area contributed by atoms with Crippen molar-refractivity contribution < 1.29 is 4.43 Å². The largest absolute Gasteiger partial charge is 0.407 e. The van der Waals surface area contributed by atoms with Gasteiger partial charge in [0, 0.05) is 6.42 Å². The van der Waals surface area contributed by atoms with Gasteiger partial charge in [0.2, 0.25) is 9.04 Å². The minimum absolute atomic E-state index is 0.147. The summed E-state index contributed by atoms with van der Waals surface area (Å²) in [5.74, 6) is 2.74. The predicted molar refractivity (Wildman–Crippen MR) is 148 cm³/mol. The average molecular weight is 463 g/mol. The first-order valence-electron chi connectivity index (χ1n) is 13.2. The van der Waals surface area contributed by atoms with Crippen molar-refractivity contribution in [1.29, 1.82) is 0 Å². The molecular formula is C31H46OSi. The highest BCUT2D eigenvalue weighted by molar-refractivity contribution is 6.80. The van der Waals surface area contributed by atoms with Crippen LogP contribution in [0.3, 0.4) is 0 Å². The normalized spacial score (nSPS) is 12.6. The SMILES string of the molecule is C#CCCCCCCCCCCCCC(O[SiH](c1ccccc1)c1ccccc1)C(C)(C)C. The highest BCUT2D eigenvalue weighted by atomic mass is 28.3. The molecule has 1 nitrogen and oxygen atoms in total. The van der Waals surface area contributed by atoms with Gasteiger partial charge < -0.3 is 4.43 Å². The molecule has 2 heteroatoms. The van der Waals surface area contributed by atoms with Crippen molar-refractivity contribution in [3.8, 4) is 12.3 Å². The summed E-state index contributed by atoms with van der Waals surface area (Å²) in [6.07, 6.45) is 21.0. The van der Waals surface area contributed by atoms with Gasteiger partial charge in [0.05, 0.1) is 6.10 Å². The Bertz CT molecular complexity index is 733. The minimum Gasteiger partial charge on any atom is -0.407 e. The molecule has 0 radical (unpaired) electrons. The van der Waals surface area contributed by atoms with Crippen LogP contribution in [0.1, 0.15) is 97.8 Å². The molecule has 2 aromatic carbocycles. The Morgan fingerprint density at radius 3 is 1.55 bits per heavy atom. The summed E-state index contributed by atoms with van der Waals surface area (Å²) in [4.78, 5) is 0. The fraction of sp³-hybridized carbons (Fsp3) is 0.548. The fourth-order valence-corrected chi connectivity index (χ4v) is 7.16. The van der Waals surface area contributed by atoms with E-state index in [1.54, 1.807) is 0 Å². The van der Waals surface area contributed by atoms with Crippen molar-refractivity contribution in [1.82, 2.24) is 0 Å². The monoisotopic (exact) mass is 462 g/mol. The molecule has 0 N–H and O–H groups in total. The van der Waals surface area contributed by atoms with E-state index < -0.39 is 9.04 Å². The van der Waals surface area contributed by atoms with Gasteiger partial charge in [-0.2, -0.15) is 0 Å². The van der Waals surface area contributed by atoms with E-state index in [2.05, 4.69) is 87.4 Å². The van der Waals surface area contributed by atoms with E-state index in [1.165, 1.54) is 74.6 Å². The van der Waals surface area contributed by atoms with Gasteiger partial charge in [0.1, 0.15) is 0 Å². The average Bonchev–Trinajstić information content (AvgIpc) is 2.82. The van der Waals surface area contributed by atoms with Gasteiger partial charge in [-0.3, -0.25) is 0 Å². The summed E-state index contributed by atoms with van der Waals surface area (Å²) >= 11 is 0. The van der Waals surface area contributed by atoms with Crippen LogP contribution in [0.15, 0.2) is 60.7 Å². The quantitative estimate of drug-likeness (QED) is 0.145. The van der Waals surface area contributed by atoms with Gasteiger partial charge in [-0.1, -0.05) is 139 Å². The Morgan fingerprint density at radius 1 is 0.697 bits per heavy atom. The molecule has 1 unspecified atom stereocenters. The lowest BCUT2D eigenvalue weighted by molar-refractivity contribution is 0.0788. The zero-order valence-electron chi connectivity index (χ0n) is 21.4. The number of benzene rings is 2. The zero-order chi connectivity index (χ0) is 23.8. The Kier molecular flexibility index (Phi) is 13.2. The number of hydrogen-bond donors (Lipinski definition) is 0. The summed E-state index contributed by atoms with van der Waals surface area (Å²) in [7, 11) is -1.71. The van der Waals surface area contributed by atoms with E-state index in [9.17, 15) is 0 Å². The highest BCUT2D eigenvalue weighted by Gasteiger charge is 2.30. The summed E-state index contributed by atoms with van der Waals surface area (Å²) in [5.41, 5.74) is 0.147. The number of hydrogen-bond acceptors (Lipinski definition) is 1. The van der Waals surface area contributed by atoms with Crippen LogP contribution < -0.4 is 10.4 Å². The molecule has 0 saturated heterocycles. The van der Waals surface area contributed by atoms with Crippen molar-refractivity contribution in [3.05, 3.63) is 60.7 Å². The van der Waals surface area contributed by atoms with Gasteiger partial charge in [0.15, 0.2) is 0 Å². The van der Waals surface area contributed by atoms with Crippen molar-refractivity contribution in [2.75, 3.05) is 0 Å². The molecule has 0 aliphatic carbocycles. The summed E-state index contributed by atoms with van der Waals surface area (Å²) in [5, 5.41) is 2.74. The standard InChI is InChI=1S/C31H46OSi/c1-5-6-7-8-9-10-11-12-13-14-15-22-27-30(31(2,3)4)32-33(28-23-18-16-19-24-28)29-25-20-17-21-26-29/h1,16-21,23-26,30,33H,6-15,22,27H2,2-4H3. The van der Waals surface area contributed by atoms with E-state index in [1.807, 2.05) is 0 Å². The van der Waals surface area contributed by atoms with E-state index in [0.717, 1.165) is 12.8 Å². The third-order valence-corrected chi connectivity index (χ3v) is 9.09. The van der Waals surface area contributed by atoms with Crippen LogP contribution in [0.2, 0.25) is 0 Å². The molecule has 0 bridgehead atoms. The lowest BCUT2D eigenvalue weighted by Gasteiger charge is -2.34. The first-order valence-corrected chi connectivity index (χ1v) is 14.8. The van der Waals surface area contributed by atoms with Crippen LogP contribution in [0, 0.1) is 17.8 Å². The van der Waals surface area contributed by atoms with Crippen molar-refractivity contribution in [3.63, 3.8) is 0 Å². The molecule has 33 heavy (non-hydrogen) atoms. The van der Waals surface area contributed by atoms with Crippen LogP contribution in [-0.4, -0.2) is 15.1 Å². The smallest absolute Gasteiger partial charge is 0.240 e. The topological polar surface area (TPSA) is 9.23 Å². The van der Waals surface area contributed by atoms with E-state index in [4.69, 9.17) is 10.8 Å². The molecule has 0 fully saturated rings. The third kappa shape index (κ3) is 11.2. The van der Waals surface area contributed by atoms with E-state index in [0.29, 0.717) is 0 Å². The van der Waals surface area contributed by atoms with Crippen LogP contribution in [0.4, 0.5) is 0 Å². The molecule has 2 rings (SSSR count). The van der Waals surface area contributed by atoms with Gasteiger partial charge in [-0.15, -0.1) is 12.3 Å². The van der Waals surface area contributed by atoms with E-state index in [-0.39, 0.29) is 11.5 Å². The number of unbranched alkanes of at least 4 members (excludes halogenated alkanes) is 10. The molecule has 1 atom stereocenters. The summed E-state index contributed by atoms with van der Waals surface area (Å²) < 4.78 is 7.01. The number of terminal acetylenes is 1. The molecule has 180 valence electrons. The zero-order valence-corrected chi connectivity index (χ0v) is 22.6. The van der Waals surface area contributed by atoms with Gasteiger partial charge in [-0.25, -0.2) is 0 Å². The second kappa shape index (κ2) is 15.9. The minimum atomic E-state index is -1.71. The lowest BCUT2D eigenvalue weighted by Crippen LogP contribution is -2.49. The summed E-state index contributed by atoms with van der Waals surface area (Å²) in [6, 6.07) is 21.8. The molecule has 2 aromatic rings. The highest BCUT2D eigenvalue weighted by Crippen LogP contribution is 2.27. The molecule has 0 aromatic heterocycles. The molecule has 0 aliphatic heterocycles. The second-order valence-electron chi connectivity index (χ2n) is 10.5. The Hall–Kier alpha value is -1.82. The van der Waals surface area contributed by atoms with Crippen molar-refractivity contribution in [2.24, 2.45) is 5.41 Å². The molecule has 0 saturated carbocycles. The third-order valence-electron chi connectivity index (χ3n) is 6.51. The molecule has 0 spiro atoms. The second-order valence-corrected chi connectivity index (χ2v) is 12.8. The van der Waals surface area contributed by atoms with Crippen LogP contribution in [-0.2, 0) is 4.43 Å². The fourth-order valence-electron chi connectivity index (χ4n) is 4.45. The van der Waals surface area contributed by atoms with Gasteiger partial charge in [0.25, 0.3) is 0 Å². The van der Waals surface area contributed by atoms with Crippen molar-refractivity contribution in [2.45, 2.75) is 104 Å². The molecular weight excluding hydrogens is 416 g/mol. The van der Waals surface area contributed by atoms with Gasteiger partial charge >= 0.3 is 0 Å². The van der Waals surface area contributed by atoms with Crippen molar-refractivity contribution >= 4 is 19.4 Å². The maximum Gasteiger partial charge on any atom is 0.240 e. The van der Waals surface area contributed by atoms with Crippen LogP contribution in [0.25, 0.3) is 0 Å². The predicted octanol–water partition coefficient (Wildman–Crippen LogP) is 7.27. The molecule has 0 heterocycles. The summed E-state index contributed by atoms with van der Waals surface area (Å²) in [6.45, 7) is 7.01. The van der Waals surface area contributed by atoms with Gasteiger partial charge in [-0.05, 0) is 28.6 Å². The Morgan fingerprint density at radius 2 is 1.12 bits per heavy atom. The van der Waals surface area contributed by atoms with Crippen LogP contribution in [0.5, 0.6) is 0 Å². The number of rotatable bonds is 16.